The van der Waals surface area contributed by atoms with Gasteiger partial charge in [-0.3, -0.25) is 0 Å². The highest BCUT2D eigenvalue weighted by atomic mass is 19.1. The number of carbonyl (C=O) groups is 1. The normalized spacial score (nSPS) is 16.7. The Labute approximate surface area is 174 Å². The van der Waals surface area contributed by atoms with Crippen LogP contribution >= 0.6 is 0 Å². The molecule has 2 aromatic heterocycles. The smallest absolute Gasteiger partial charge is 0.404 e. The SMILES string of the molecule is C1CC1.N#Cc1ccc2c(c1)c1c(n2Cc2cccc(F)n2)CCC(NC(=O)O)C1. The van der Waals surface area contributed by atoms with Crippen molar-refractivity contribution in [3.8, 4) is 6.07 Å². The molecule has 1 aromatic carbocycles. The molecule has 2 N–H and O–H groups in total. The van der Waals surface area contributed by atoms with Crippen LogP contribution in [0.4, 0.5) is 9.18 Å². The van der Waals surface area contributed by atoms with E-state index in [1.54, 1.807) is 18.2 Å². The Balaban J connectivity index is 0.000000667. The van der Waals surface area contributed by atoms with Gasteiger partial charge >= 0.3 is 6.09 Å². The third-order valence-electron chi connectivity index (χ3n) is 5.37. The predicted octanol–water partition coefficient (Wildman–Crippen LogP) is 4.39. The second-order valence-corrected chi connectivity index (χ2v) is 7.76. The lowest BCUT2D eigenvalue weighted by molar-refractivity contribution is 0.188. The van der Waals surface area contributed by atoms with Crippen molar-refractivity contribution in [1.82, 2.24) is 14.9 Å². The molecule has 0 spiro atoms. The number of nitriles is 1. The number of amides is 1. The number of nitrogens with zero attached hydrogens (tertiary/aromatic N) is 3. The third-order valence-corrected chi connectivity index (χ3v) is 5.37. The van der Waals surface area contributed by atoms with Gasteiger partial charge < -0.3 is 15.0 Å². The summed E-state index contributed by atoms with van der Waals surface area (Å²) in [6.45, 7) is 0.423. The van der Waals surface area contributed by atoms with E-state index in [0.717, 1.165) is 22.2 Å². The van der Waals surface area contributed by atoms with Gasteiger partial charge in [-0.25, -0.2) is 9.78 Å². The molecule has 0 aliphatic heterocycles. The van der Waals surface area contributed by atoms with Crippen molar-refractivity contribution in [3.05, 3.63) is 64.9 Å². The first-order valence-electron chi connectivity index (χ1n) is 10.2. The number of benzene rings is 1. The van der Waals surface area contributed by atoms with E-state index in [1.165, 1.54) is 25.3 Å². The van der Waals surface area contributed by atoms with E-state index in [4.69, 9.17) is 5.11 Å². The van der Waals surface area contributed by atoms with Gasteiger partial charge in [-0.15, -0.1) is 0 Å². The van der Waals surface area contributed by atoms with Crippen LogP contribution in [0.3, 0.4) is 0 Å². The number of nitrogens with one attached hydrogen (secondary N) is 1. The standard InChI is InChI=1S/C20H17FN4O2.C3H6/c21-19-3-1-2-14(23-19)11-25-17-6-4-12(10-22)8-15(17)16-9-13(24-20(26)27)5-7-18(16)25;1-2-3-1/h1-4,6,8,13,24H,5,7,9,11H2,(H,26,27);1-3H2. The maximum atomic E-state index is 13.5. The second kappa shape index (κ2) is 8.54. The Kier molecular flexibility index (Phi) is 5.66. The van der Waals surface area contributed by atoms with E-state index >= 15 is 0 Å². The Morgan fingerprint density at radius 3 is 2.77 bits per heavy atom. The number of halogens is 1. The topological polar surface area (TPSA) is 90.9 Å². The summed E-state index contributed by atoms with van der Waals surface area (Å²) in [7, 11) is 0. The molecule has 5 rings (SSSR count). The van der Waals surface area contributed by atoms with E-state index in [2.05, 4.69) is 20.9 Å². The number of aromatic nitrogens is 2. The summed E-state index contributed by atoms with van der Waals surface area (Å²) in [5, 5.41) is 21.8. The zero-order valence-electron chi connectivity index (χ0n) is 16.6. The molecule has 1 saturated carbocycles. The molecular weight excluding hydrogens is 383 g/mol. The van der Waals surface area contributed by atoms with E-state index in [9.17, 15) is 14.4 Å². The molecule has 30 heavy (non-hydrogen) atoms. The lowest BCUT2D eigenvalue weighted by Crippen LogP contribution is -2.38. The van der Waals surface area contributed by atoms with Gasteiger partial charge in [0, 0.05) is 22.6 Å². The summed E-state index contributed by atoms with van der Waals surface area (Å²) >= 11 is 0. The Bertz CT molecular complexity index is 1130. The summed E-state index contributed by atoms with van der Waals surface area (Å²) in [4.78, 5) is 15.0. The lowest BCUT2D eigenvalue weighted by Gasteiger charge is -2.24. The maximum absolute atomic E-state index is 13.5. The fraction of sp³-hybridized carbons (Fsp3) is 0.348. The summed E-state index contributed by atoms with van der Waals surface area (Å²) in [6, 6.07) is 12.2. The van der Waals surface area contributed by atoms with E-state index in [1.807, 2.05) is 12.1 Å². The molecule has 3 aromatic rings. The molecule has 2 aliphatic carbocycles. The zero-order valence-corrected chi connectivity index (χ0v) is 16.6. The molecule has 6 nitrogen and oxygen atoms in total. The van der Waals surface area contributed by atoms with Crippen LogP contribution in [0.25, 0.3) is 10.9 Å². The fourth-order valence-electron chi connectivity index (χ4n) is 3.90. The molecule has 7 heteroatoms. The molecule has 1 fully saturated rings. The van der Waals surface area contributed by atoms with Crippen molar-refractivity contribution in [2.45, 2.75) is 51.1 Å². The van der Waals surface area contributed by atoms with Crippen molar-refractivity contribution in [1.29, 1.82) is 5.26 Å². The number of fused-ring (bicyclic) bond motifs is 3. The molecule has 1 unspecified atom stereocenters. The number of hydrogen-bond donors (Lipinski definition) is 2. The summed E-state index contributed by atoms with van der Waals surface area (Å²) in [5.41, 5.74) is 4.25. The van der Waals surface area contributed by atoms with Gasteiger partial charge in [-0.05, 0) is 55.2 Å². The molecule has 2 aliphatic rings. The van der Waals surface area contributed by atoms with Crippen LogP contribution in [0.1, 0.15) is 48.2 Å². The van der Waals surface area contributed by atoms with E-state index in [-0.39, 0.29) is 6.04 Å². The average molecular weight is 406 g/mol. The molecule has 1 atom stereocenters. The highest BCUT2D eigenvalue weighted by molar-refractivity contribution is 5.87. The van der Waals surface area contributed by atoms with Crippen LogP contribution in [-0.4, -0.2) is 26.8 Å². The van der Waals surface area contributed by atoms with Gasteiger partial charge in [0.15, 0.2) is 0 Å². The van der Waals surface area contributed by atoms with Gasteiger partial charge in [0.05, 0.1) is 23.9 Å². The number of carboxylic acid groups (broad SMARTS) is 1. The molecule has 1 amide bonds. The van der Waals surface area contributed by atoms with Crippen LogP contribution in [0.2, 0.25) is 0 Å². The zero-order chi connectivity index (χ0) is 21.1. The minimum absolute atomic E-state index is 0.160. The Morgan fingerprint density at radius 1 is 1.30 bits per heavy atom. The largest absolute Gasteiger partial charge is 0.465 e. The van der Waals surface area contributed by atoms with Crippen molar-refractivity contribution < 1.29 is 14.3 Å². The van der Waals surface area contributed by atoms with Crippen LogP contribution in [0, 0.1) is 17.3 Å². The molecule has 2 heterocycles. The van der Waals surface area contributed by atoms with Crippen molar-refractivity contribution in [3.63, 3.8) is 0 Å². The minimum Gasteiger partial charge on any atom is -0.465 e. The second-order valence-electron chi connectivity index (χ2n) is 7.76. The quantitative estimate of drug-likeness (QED) is 0.631. The summed E-state index contributed by atoms with van der Waals surface area (Å²) in [5.74, 6) is -0.518. The first-order chi connectivity index (χ1) is 14.5. The van der Waals surface area contributed by atoms with Crippen LogP contribution in [0.5, 0.6) is 0 Å². The molecule has 0 saturated heterocycles. The van der Waals surface area contributed by atoms with Crippen molar-refractivity contribution in [2.75, 3.05) is 0 Å². The maximum Gasteiger partial charge on any atom is 0.404 e. The van der Waals surface area contributed by atoms with Crippen LogP contribution in [0.15, 0.2) is 36.4 Å². The first kappa shape index (κ1) is 19.9. The highest BCUT2D eigenvalue weighted by Gasteiger charge is 2.26. The summed E-state index contributed by atoms with van der Waals surface area (Å²) < 4.78 is 15.6. The van der Waals surface area contributed by atoms with Crippen LogP contribution < -0.4 is 5.32 Å². The molecule has 0 radical (unpaired) electrons. The van der Waals surface area contributed by atoms with Gasteiger partial charge in [0.2, 0.25) is 5.95 Å². The van der Waals surface area contributed by atoms with Gasteiger partial charge in [-0.1, -0.05) is 25.3 Å². The predicted molar refractivity (Wildman–Crippen MR) is 111 cm³/mol. The first-order valence-corrected chi connectivity index (χ1v) is 10.2. The number of hydrogen-bond acceptors (Lipinski definition) is 3. The van der Waals surface area contributed by atoms with E-state index < -0.39 is 12.0 Å². The van der Waals surface area contributed by atoms with Crippen LogP contribution in [-0.2, 0) is 19.4 Å². The van der Waals surface area contributed by atoms with Gasteiger partial charge in [0.25, 0.3) is 0 Å². The minimum atomic E-state index is -1.03. The van der Waals surface area contributed by atoms with Crippen molar-refractivity contribution >= 4 is 17.0 Å². The number of pyridine rings is 1. The lowest BCUT2D eigenvalue weighted by atomic mass is 9.91. The van der Waals surface area contributed by atoms with E-state index in [0.29, 0.717) is 37.1 Å². The molecule has 0 bridgehead atoms. The van der Waals surface area contributed by atoms with Gasteiger partial charge in [-0.2, -0.15) is 9.65 Å². The average Bonchev–Trinajstić information content (AvgIpc) is 3.58. The van der Waals surface area contributed by atoms with Crippen molar-refractivity contribution in [2.24, 2.45) is 0 Å². The third kappa shape index (κ3) is 4.43. The molecule has 154 valence electrons. The Hall–Kier alpha value is -3.40. The summed E-state index contributed by atoms with van der Waals surface area (Å²) in [6.07, 6.45) is 5.42. The fourth-order valence-corrected chi connectivity index (χ4v) is 3.90. The van der Waals surface area contributed by atoms with Gasteiger partial charge in [0.1, 0.15) is 0 Å². The highest BCUT2D eigenvalue weighted by Crippen LogP contribution is 2.33. The monoisotopic (exact) mass is 406 g/mol. The Morgan fingerprint density at radius 2 is 2.10 bits per heavy atom. The number of rotatable bonds is 3. The molecular formula is C23H23FN4O2.